The number of rotatable bonds is 0. The Morgan fingerprint density at radius 1 is 1.13 bits per heavy atom. The first-order valence-electron chi connectivity index (χ1n) is 4.20. The van der Waals surface area contributed by atoms with Gasteiger partial charge in [0.05, 0.1) is 16.8 Å². The van der Waals surface area contributed by atoms with E-state index in [1.165, 1.54) is 6.07 Å². The highest BCUT2D eigenvalue weighted by Gasteiger charge is 2.33. The van der Waals surface area contributed by atoms with Crippen LogP contribution in [0.25, 0.3) is 10.9 Å². The molecule has 0 aliphatic heterocycles. The first kappa shape index (κ1) is 9.76. The van der Waals surface area contributed by atoms with Crippen molar-refractivity contribution in [2.45, 2.75) is 6.18 Å². The molecule has 0 unspecified atom stereocenters. The van der Waals surface area contributed by atoms with Gasteiger partial charge < -0.3 is 5.73 Å². The third-order valence-electron chi connectivity index (χ3n) is 2.12. The smallest absolute Gasteiger partial charge is 0.398 e. The minimum absolute atomic E-state index is 0.270. The second-order valence-corrected chi connectivity index (χ2v) is 3.10. The highest BCUT2D eigenvalue weighted by molar-refractivity contribution is 5.91. The number of benzene rings is 1. The summed E-state index contributed by atoms with van der Waals surface area (Å²) >= 11 is 0. The molecule has 78 valence electrons. The zero-order valence-corrected chi connectivity index (χ0v) is 7.55. The van der Waals surface area contributed by atoms with Crippen molar-refractivity contribution in [2.24, 2.45) is 0 Å². The molecule has 0 spiro atoms. The van der Waals surface area contributed by atoms with E-state index in [-0.39, 0.29) is 5.69 Å². The minimum atomic E-state index is -4.46. The van der Waals surface area contributed by atoms with Crippen LogP contribution in [0.1, 0.15) is 5.56 Å². The van der Waals surface area contributed by atoms with Gasteiger partial charge in [0.25, 0.3) is 0 Å². The molecule has 2 aromatic rings. The maximum atomic E-state index is 12.5. The van der Waals surface area contributed by atoms with Crippen LogP contribution in [-0.4, -0.2) is 4.98 Å². The monoisotopic (exact) mass is 212 g/mol. The van der Waals surface area contributed by atoms with Crippen LogP contribution in [0.5, 0.6) is 0 Å². The fourth-order valence-electron chi connectivity index (χ4n) is 1.39. The van der Waals surface area contributed by atoms with Gasteiger partial charge in [-0.15, -0.1) is 0 Å². The largest absolute Gasteiger partial charge is 0.419 e. The summed E-state index contributed by atoms with van der Waals surface area (Å²) in [5, 5.41) is 0.326. The van der Waals surface area contributed by atoms with Crippen LogP contribution in [-0.2, 0) is 6.18 Å². The van der Waals surface area contributed by atoms with Crippen molar-refractivity contribution in [2.75, 3.05) is 5.73 Å². The molecule has 1 heterocycles. The van der Waals surface area contributed by atoms with E-state index < -0.39 is 11.7 Å². The molecule has 0 saturated heterocycles. The molecule has 0 radical (unpaired) electrons. The van der Waals surface area contributed by atoms with Crippen molar-refractivity contribution < 1.29 is 13.2 Å². The van der Waals surface area contributed by atoms with Gasteiger partial charge in [-0.25, -0.2) is 0 Å². The predicted octanol–water partition coefficient (Wildman–Crippen LogP) is 2.84. The molecule has 0 aliphatic carbocycles. The third-order valence-corrected chi connectivity index (χ3v) is 2.12. The lowest BCUT2D eigenvalue weighted by atomic mass is 10.1. The van der Waals surface area contributed by atoms with E-state index in [0.29, 0.717) is 10.9 Å². The van der Waals surface area contributed by atoms with Crippen LogP contribution in [0.15, 0.2) is 30.5 Å². The van der Waals surface area contributed by atoms with E-state index in [2.05, 4.69) is 4.98 Å². The molecule has 1 aromatic carbocycles. The fraction of sp³-hybridized carbons (Fsp3) is 0.100. The number of nitrogen functional groups attached to an aromatic ring is 1. The summed E-state index contributed by atoms with van der Waals surface area (Å²) in [5.41, 5.74) is 4.75. The lowest BCUT2D eigenvalue weighted by Gasteiger charge is -2.10. The average molecular weight is 212 g/mol. The maximum absolute atomic E-state index is 12.5. The number of anilines is 1. The molecule has 2 N–H and O–H groups in total. The van der Waals surface area contributed by atoms with Crippen molar-refractivity contribution >= 4 is 16.6 Å². The number of nitrogens with zero attached hydrogens (tertiary/aromatic N) is 1. The van der Waals surface area contributed by atoms with Crippen molar-refractivity contribution in [3.05, 3.63) is 36.0 Å². The summed E-state index contributed by atoms with van der Waals surface area (Å²) in [5.74, 6) is 0. The predicted molar refractivity (Wildman–Crippen MR) is 51.2 cm³/mol. The Hall–Kier alpha value is -1.78. The highest BCUT2D eigenvalue weighted by Crippen LogP contribution is 2.35. The molecule has 2 rings (SSSR count). The van der Waals surface area contributed by atoms with Crippen molar-refractivity contribution in [1.82, 2.24) is 4.98 Å². The number of halogens is 3. The number of aromatic nitrogens is 1. The van der Waals surface area contributed by atoms with Crippen LogP contribution in [0.2, 0.25) is 0 Å². The molecule has 0 fully saturated rings. The van der Waals surface area contributed by atoms with Crippen LogP contribution in [0.3, 0.4) is 0 Å². The summed E-state index contributed by atoms with van der Waals surface area (Å²) < 4.78 is 37.4. The van der Waals surface area contributed by atoms with Gasteiger partial charge >= 0.3 is 6.18 Å². The number of pyridine rings is 1. The zero-order chi connectivity index (χ0) is 11.1. The van der Waals surface area contributed by atoms with Crippen LogP contribution < -0.4 is 5.73 Å². The number of nitrogens with two attached hydrogens (primary N) is 1. The van der Waals surface area contributed by atoms with E-state index >= 15 is 0 Å². The van der Waals surface area contributed by atoms with Gasteiger partial charge in [0.15, 0.2) is 0 Å². The fourth-order valence-corrected chi connectivity index (χ4v) is 1.39. The second-order valence-electron chi connectivity index (χ2n) is 3.10. The summed E-state index contributed by atoms with van der Waals surface area (Å²) in [6.07, 6.45) is -3.70. The van der Waals surface area contributed by atoms with Gasteiger partial charge in [-0.3, -0.25) is 4.98 Å². The van der Waals surface area contributed by atoms with Gasteiger partial charge in [0, 0.05) is 11.6 Å². The average Bonchev–Trinajstić information content (AvgIpc) is 2.16. The Morgan fingerprint density at radius 2 is 1.80 bits per heavy atom. The van der Waals surface area contributed by atoms with Crippen LogP contribution in [0.4, 0.5) is 18.9 Å². The lowest BCUT2D eigenvalue weighted by molar-refractivity contribution is -0.137. The first-order chi connectivity index (χ1) is 7.00. The van der Waals surface area contributed by atoms with E-state index in [1.54, 1.807) is 18.2 Å². The molecule has 0 saturated carbocycles. The Bertz CT molecular complexity index is 505. The molecular weight excluding hydrogens is 205 g/mol. The van der Waals surface area contributed by atoms with E-state index in [4.69, 9.17) is 5.73 Å². The van der Waals surface area contributed by atoms with Crippen LogP contribution in [0, 0.1) is 0 Å². The first-order valence-corrected chi connectivity index (χ1v) is 4.20. The Balaban J connectivity index is 2.76. The van der Waals surface area contributed by atoms with Crippen LogP contribution >= 0.6 is 0 Å². The Morgan fingerprint density at radius 3 is 2.47 bits per heavy atom. The Labute approximate surface area is 83.5 Å². The SMILES string of the molecule is Nc1c(C(F)(F)F)cnc2ccccc12. The summed E-state index contributed by atoms with van der Waals surface area (Å²) in [4.78, 5) is 3.71. The quantitative estimate of drug-likeness (QED) is 0.729. The van der Waals surface area contributed by atoms with E-state index in [0.717, 1.165) is 6.20 Å². The summed E-state index contributed by atoms with van der Waals surface area (Å²) in [7, 11) is 0. The zero-order valence-electron chi connectivity index (χ0n) is 7.55. The Kier molecular flexibility index (Phi) is 2.03. The number of hydrogen-bond acceptors (Lipinski definition) is 2. The molecule has 0 amide bonds. The molecule has 15 heavy (non-hydrogen) atoms. The molecule has 5 heteroatoms. The minimum Gasteiger partial charge on any atom is -0.398 e. The van der Waals surface area contributed by atoms with Gasteiger partial charge in [-0.2, -0.15) is 13.2 Å². The van der Waals surface area contributed by atoms with E-state index in [9.17, 15) is 13.2 Å². The number of hydrogen-bond donors (Lipinski definition) is 1. The molecular formula is C10H7F3N2. The van der Waals surface area contributed by atoms with Crippen molar-refractivity contribution in [3.63, 3.8) is 0 Å². The molecule has 0 bridgehead atoms. The van der Waals surface area contributed by atoms with Gasteiger partial charge in [0.2, 0.25) is 0 Å². The third kappa shape index (κ3) is 1.60. The summed E-state index contributed by atoms with van der Waals surface area (Å²) in [6, 6.07) is 6.46. The lowest BCUT2D eigenvalue weighted by Crippen LogP contribution is -2.09. The van der Waals surface area contributed by atoms with E-state index in [1.807, 2.05) is 0 Å². The number of fused-ring (bicyclic) bond motifs is 1. The number of para-hydroxylation sites is 1. The molecule has 2 nitrogen and oxygen atoms in total. The standard InChI is InChI=1S/C10H7F3N2/c11-10(12,13)7-5-15-8-4-2-1-3-6(8)9(7)14/h1-5H,(H2,14,15). The summed E-state index contributed by atoms with van der Waals surface area (Å²) in [6.45, 7) is 0. The van der Waals surface area contributed by atoms with Gasteiger partial charge in [0.1, 0.15) is 0 Å². The van der Waals surface area contributed by atoms with Crippen molar-refractivity contribution in [1.29, 1.82) is 0 Å². The highest BCUT2D eigenvalue weighted by atomic mass is 19.4. The topological polar surface area (TPSA) is 38.9 Å². The van der Waals surface area contributed by atoms with Crippen molar-refractivity contribution in [3.8, 4) is 0 Å². The van der Waals surface area contributed by atoms with Gasteiger partial charge in [-0.05, 0) is 6.07 Å². The maximum Gasteiger partial charge on any atom is 0.419 e. The molecule has 0 aliphatic rings. The van der Waals surface area contributed by atoms with Gasteiger partial charge in [-0.1, -0.05) is 18.2 Å². The molecule has 0 atom stereocenters. The normalized spacial score (nSPS) is 11.9. The molecule has 1 aromatic heterocycles. The second kappa shape index (κ2) is 3.12. The number of alkyl halides is 3.